The number of aromatic nitrogens is 1. The van der Waals surface area contributed by atoms with E-state index in [1.54, 1.807) is 12.4 Å². The lowest BCUT2D eigenvalue weighted by Gasteiger charge is -2.06. The number of hydrogen-bond acceptors (Lipinski definition) is 3. The third-order valence-electron chi connectivity index (χ3n) is 3.82. The summed E-state index contributed by atoms with van der Waals surface area (Å²) in [7, 11) is 0. The minimum absolute atomic E-state index is 0.274. The van der Waals surface area contributed by atoms with Gasteiger partial charge < -0.3 is 4.74 Å². The number of carbonyl (C=O) groups is 1. The van der Waals surface area contributed by atoms with Crippen LogP contribution in [0.3, 0.4) is 0 Å². The van der Waals surface area contributed by atoms with Gasteiger partial charge in [-0.15, -0.1) is 0 Å². The first kappa shape index (κ1) is 15.9. The van der Waals surface area contributed by atoms with Gasteiger partial charge in [0, 0.05) is 12.4 Å². The monoisotopic (exact) mass is 317 g/mol. The highest BCUT2D eigenvalue weighted by Gasteiger charge is 2.07. The highest BCUT2D eigenvalue weighted by Crippen LogP contribution is 2.19. The molecule has 120 valence electrons. The van der Waals surface area contributed by atoms with Crippen molar-refractivity contribution in [3.63, 3.8) is 0 Å². The molecule has 0 saturated carbocycles. The van der Waals surface area contributed by atoms with Gasteiger partial charge in [0.25, 0.3) is 0 Å². The van der Waals surface area contributed by atoms with Crippen LogP contribution in [0.15, 0.2) is 79.1 Å². The molecule has 0 atom stereocenters. The zero-order valence-electron chi connectivity index (χ0n) is 13.4. The first-order chi connectivity index (χ1) is 11.8. The average Bonchev–Trinajstić information content (AvgIpc) is 2.67. The Kier molecular flexibility index (Phi) is 5.36. The molecular formula is C21H19NO2. The minimum atomic E-state index is -0.274. The zero-order chi connectivity index (χ0) is 16.6. The quantitative estimate of drug-likeness (QED) is 0.495. The van der Waals surface area contributed by atoms with Crippen LogP contribution in [0.2, 0.25) is 0 Å². The molecule has 0 spiro atoms. The molecule has 3 rings (SSSR count). The number of nitrogens with zero attached hydrogens (tertiary/aromatic N) is 1. The van der Waals surface area contributed by atoms with Crippen molar-refractivity contribution in [2.75, 3.05) is 6.61 Å². The van der Waals surface area contributed by atoms with E-state index in [1.807, 2.05) is 66.7 Å². The number of carbonyl (C=O) groups excluding carboxylic acids is 1. The molecule has 1 heterocycles. The Labute approximate surface area is 142 Å². The van der Waals surface area contributed by atoms with Crippen LogP contribution in [0.1, 0.15) is 22.3 Å². The molecule has 0 unspecified atom stereocenters. The predicted octanol–water partition coefficient (Wildman–Crippen LogP) is 4.54. The molecule has 0 aliphatic rings. The van der Waals surface area contributed by atoms with E-state index in [1.165, 1.54) is 5.56 Å². The van der Waals surface area contributed by atoms with Crippen molar-refractivity contribution < 1.29 is 9.53 Å². The maximum absolute atomic E-state index is 12.1. The summed E-state index contributed by atoms with van der Waals surface area (Å²) >= 11 is 0. The molecule has 3 heteroatoms. The number of esters is 1. The molecule has 2 aromatic carbocycles. The van der Waals surface area contributed by atoms with E-state index < -0.39 is 0 Å². The third kappa shape index (κ3) is 4.29. The first-order valence-electron chi connectivity index (χ1n) is 8.04. The lowest BCUT2D eigenvalue weighted by Crippen LogP contribution is -2.07. The van der Waals surface area contributed by atoms with Crippen LogP contribution in [0, 0.1) is 0 Å². The van der Waals surface area contributed by atoms with Crippen LogP contribution < -0.4 is 0 Å². The second-order valence-corrected chi connectivity index (χ2v) is 5.54. The Morgan fingerprint density at radius 1 is 0.833 bits per heavy atom. The molecule has 0 aliphatic carbocycles. The van der Waals surface area contributed by atoms with Gasteiger partial charge in [-0.05, 0) is 53.8 Å². The molecular weight excluding hydrogens is 298 g/mol. The SMILES string of the molecule is O=C(OCCCc1ccncc1)c1ccc(-c2ccccc2)cc1. The summed E-state index contributed by atoms with van der Waals surface area (Å²) in [4.78, 5) is 16.1. The molecule has 0 N–H and O–H groups in total. The second-order valence-electron chi connectivity index (χ2n) is 5.54. The van der Waals surface area contributed by atoms with Crippen molar-refractivity contribution in [2.24, 2.45) is 0 Å². The number of aryl methyl sites for hydroxylation is 1. The van der Waals surface area contributed by atoms with E-state index in [0.717, 1.165) is 24.0 Å². The third-order valence-corrected chi connectivity index (χ3v) is 3.82. The van der Waals surface area contributed by atoms with Gasteiger partial charge >= 0.3 is 5.97 Å². The Balaban J connectivity index is 1.50. The Morgan fingerprint density at radius 3 is 2.21 bits per heavy atom. The van der Waals surface area contributed by atoms with E-state index in [-0.39, 0.29) is 5.97 Å². The van der Waals surface area contributed by atoms with Crippen LogP contribution in [-0.4, -0.2) is 17.6 Å². The molecule has 0 fully saturated rings. The average molecular weight is 317 g/mol. The highest BCUT2D eigenvalue weighted by atomic mass is 16.5. The van der Waals surface area contributed by atoms with Gasteiger partial charge in [-0.1, -0.05) is 42.5 Å². The fourth-order valence-corrected chi connectivity index (χ4v) is 2.50. The molecule has 1 aromatic heterocycles. The Morgan fingerprint density at radius 2 is 1.50 bits per heavy atom. The summed E-state index contributed by atoms with van der Waals surface area (Å²) in [5.41, 5.74) is 4.01. The molecule has 0 radical (unpaired) electrons. The normalized spacial score (nSPS) is 10.3. The van der Waals surface area contributed by atoms with Crippen LogP contribution in [-0.2, 0) is 11.2 Å². The smallest absolute Gasteiger partial charge is 0.338 e. The largest absolute Gasteiger partial charge is 0.462 e. The summed E-state index contributed by atoms with van der Waals surface area (Å²) in [6, 6.07) is 21.6. The molecule has 3 aromatic rings. The van der Waals surface area contributed by atoms with Gasteiger partial charge in [0.15, 0.2) is 0 Å². The summed E-state index contributed by atoms with van der Waals surface area (Å²) in [6.45, 7) is 0.418. The lowest BCUT2D eigenvalue weighted by molar-refractivity contribution is 0.0500. The fourth-order valence-electron chi connectivity index (χ4n) is 2.50. The maximum atomic E-state index is 12.1. The van der Waals surface area contributed by atoms with Gasteiger partial charge in [0.05, 0.1) is 12.2 Å². The summed E-state index contributed by atoms with van der Waals surface area (Å²) in [6.07, 6.45) is 5.23. The van der Waals surface area contributed by atoms with Crippen LogP contribution in [0.4, 0.5) is 0 Å². The first-order valence-corrected chi connectivity index (χ1v) is 8.04. The number of pyridine rings is 1. The summed E-state index contributed by atoms with van der Waals surface area (Å²) < 4.78 is 5.34. The molecule has 24 heavy (non-hydrogen) atoms. The van der Waals surface area contributed by atoms with Crippen molar-refractivity contribution in [3.8, 4) is 11.1 Å². The van der Waals surface area contributed by atoms with Gasteiger partial charge in [0.2, 0.25) is 0 Å². The van der Waals surface area contributed by atoms with Gasteiger partial charge in [0.1, 0.15) is 0 Å². The van der Waals surface area contributed by atoms with E-state index in [2.05, 4.69) is 4.98 Å². The minimum Gasteiger partial charge on any atom is -0.462 e. The zero-order valence-corrected chi connectivity index (χ0v) is 13.4. The number of ether oxygens (including phenoxy) is 1. The maximum Gasteiger partial charge on any atom is 0.338 e. The molecule has 0 aliphatic heterocycles. The number of rotatable bonds is 6. The molecule has 0 saturated heterocycles. The summed E-state index contributed by atoms with van der Waals surface area (Å²) in [5.74, 6) is -0.274. The van der Waals surface area contributed by atoms with Gasteiger partial charge in [-0.25, -0.2) is 4.79 Å². The molecule has 3 nitrogen and oxygen atoms in total. The fraction of sp³-hybridized carbons (Fsp3) is 0.143. The van der Waals surface area contributed by atoms with E-state index in [0.29, 0.717) is 12.2 Å². The second kappa shape index (κ2) is 8.06. The van der Waals surface area contributed by atoms with Crippen molar-refractivity contribution in [1.29, 1.82) is 0 Å². The van der Waals surface area contributed by atoms with E-state index in [4.69, 9.17) is 4.74 Å². The summed E-state index contributed by atoms with van der Waals surface area (Å²) in [5, 5.41) is 0. The van der Waals surface area contributed by atoms with Crippen molar-refractivity contribution in [3.05, 3.63) is 90.3 Å². The number of hydrogen-bond donors (Lipinski definition) is 0. The topological polar surface area (TPSA) is 39.2 Å². The lowest BCUT2D eigenvalue weighted by atomic mass is 10.0. The Hall–Kier alpha value is -2.94. The van der Waals surface area contributed by atoms with Crippen LogP contribution >= 0.6 is 0 Å². The number of benzene rings is 2. The van der Waals surface area contributed by atoms with Crippen LogP contribution in [0.25, 0.3) is 11.1 Å². The van der Waals surface area contributed by atoms with E-state index in [9.17, 15) is 4.79 Å². The van der Waals surface area contributed by atoms with Crippen LogP contribution in [0.5, 0.6) is 0 Å². The van der Waals surface area contributed by atoms with Gasteiger partial charge in [-0.2, -0.15) is 0 Å². The van der Waals surface area contributed by atoms with Crippen molar-refractivity contribution >= 4 is 5.97 Å². The highest BCUT2D eigenvalue weighted by molar-refractivity contribution is 5.90. The van der Waals surface area contributed by atoms with E-state index >= 15 is 0 Å². The predicted molar refractivity (Wildman–Crippen MR) is 94.7 cm³/mol. The molecule has 0 amide bonds. The van der Waals surface area contributed by atoms with Crippen molar-refractivity contribution in [2.45, 2.75) is 12.8 Å². The van der Waals surface area contributed by atoms with Crippen molar-refractivity contribution in [1.82, 2.24) is 4.98 Å². The Bertz CT molecular complexity index is 768. The molecule has 0 bridgehead atoms. The standard InChI is InChI=1S/C21H19NO2/c23-21(24-16-4-5-17-12-14-22-15-13-17)20-10-8-19(9-11-20)18-6-2-1-3-7-18/h1-3,6-15H,4-5,16H2. The van der Waals surface area contributed by atoms with Gasteiger partial charge in [-0.3, -0.25) is 4.98 Å².